The first-order valence-corrected chi connectivity index (χ1v) is 5.35. The molecule has 0 aliphatic carbocycles. The number of benzene rings is 1. The summed E-state index contributed by atoms with van der Waals surface area (Å²) in [6, 6.07) is 10.3. The van der Waals surface area contributed by atoms with Crippen LogP contribution in [-0.4, -0.2) is 6.10 Å². The quantitative estimate of drug-likeness (QED) is 0.667. The van der Waals surface area contributed by atoms with Crippen molar-refractivity contribution in [2.45, 2.75) is 39.4 Å². The third-order valence-corrected chi connectivity index (χ3v) is 2.21. The Morgan fingerprint density at radius 3 is 2.50 bits per heavy atom. The molecule has 1 heteroatoms. The fraction of sp³-hybridized carbons (Fsp3) is 0.462. The van der Waals surface area contributed by atoms with E-state index in [9.17, 15) is 0 Å². The fourth-order valence-electron chi connectivity index (χ4n) is 1.39. The van der Waals surface area contributed by atoms with Gasteiger partial charge in [-0.3, -0.25) is 0 Å². The van der Waals surface area contributed by atoms with E-state index in [1.165, 1.54) is 5.56 Å². The molecule has 1 unspecified atom stereocenters. The molecule has 0 saturated heterocycles. The van der Waals surface area contributed by atoms with Crippen LogP contribution in [-0.2, 0) is 11.3 Å². The Kier molecular flexibility index (Phi) is 5.31. The highest BCUT2D eigenvalue weighted by molar-refractivity contribution is 5.13. The molecule has 1 radical (unpaired) electrons. The average Bonchev–Trinajstić information content (AvgIpc) is 2.25. The van der Waals surface area contributed by atoms with E-state index in [0.29, 0.717) is 6.10 Å². The lowest BCUT2D eigenvalue weighted by Crippen LogP contribution is -2.11. The van der Waals surface area contributed by atoms with Crippen molar-refractivity contribution in [1.82, 2.24) is 0 Å². The topological polar surface area (TPSA) is 9.23 Å². The second kappa shape index (κ2) is 6.61. The average molecular weight is 191 g/mol. The first-order chi connectivity index (χ1) is 6.86. The second-order valence-corrected chi connectivity index (χ2v) is 3.39. The molecule has 0 fully saturated rings. The SMILES string of the molecule is CC[CH]C(CC)OCc1ccccc1. The van der Waals surface area contributed by atoms with Gasteiger partial charge in [-0.25, -0.2) is 0 Å². The van der Waals surface area contributed by atoms with Crippen LogP contribution < -0.4 is 0 Å². The molecule has 1 nitrogen and oxygen atoms in total. The molecule has 0 bridgehead atoms. The van der Waals surface area contributed by atoms with Gasteiger partial charge in [0.2, 0.25) is 0 Å². The van der Waals surface area contributed by atoms with Crippen molar-refractivity contribution in [2.75, 3.05) is 0 Å². The lowest BCUT2D eigenvalue weighted by Gasteiger charge is -2.14. The normalized spacial score (nSPS) is 12.7. The van der Waals surface area contributed by atoms with Crippen molar-refractivity contribution in [2.24, 2.45) is 0 Å². The highest BCUT2D eigenvalue weighted by Crippen LogP contribution is 2.09. The molecular weight excluding hydrogens is 172 g/mol. The summed E-state index contributed by atoms with van der Waals surface area (Å²) in [5.41, 5.74) is 1.25. The van der Waals surface area contributed by atoms with E-state index in [1.54, 1.807) is 0 Å². The van der Waals surface area contributed by atoms with E-state index in [-0.39, 0.29) is 0 Å². The predicted molar refractivity (Wildman–Crippen MR) is 59.9 cm³/mol. The van der Waals surface area contributed by atoms with Gasteiger partial charge in [0.1, 0.15) is 0 Å². The van der Waals surface area contributed by atoms with Crippen LogP contribution in [0.1, 0.15) is 32.3 Å². The summed E-state index contributed by atoms with van der Waals surface area (Å²) in [6.07, 6.45) is 4.66. The van der Waals surface area contributed by atoms with Gasteiger partial charge in [0.25, 0.3) is 0 Å². The third-order valence-electron chi connectivity index (χ3n) is 2.21. The van der Waals surface area contributed by atoms with Crippen LogP contribution in [0.25, 0.3) is 0 Å². The van der Waals surface area contributed by atoms with Crippen molar-refractivity contribution in [1.29, 1.82) is 0 Å². The summed E-state index contributed by atoms with van der Waals surface area (Å²) in [4.78, 5) is 0. The Labute approximate surface area is 87.1 Å². The maximum Gasteiger partial charge on any atom is 0.0720 e. The fourth-order valence-corrected chi connectivity index (χ4v) is 1.39. The zero-order chi connectivity index (χ0) is 10.2. The van der Waals surface area contributed by atoms with Gasteiger partial charge in [-0.05, 0) is 18.4 Å². The molecule has 0 saturated carbocycles. The van der Waals surface area contributed by atoms with Crippen LogP contribution in [0.4, 0.5) is 0 Å². The van der Waals surface area contributed by atoms with E-state index in [1.807, 2.05) is 18.2 Å². The smallest absolute Gasteiger partial charge is 0.0720 e. The van der Waals surface area contributed by atoms with Crippen LogP contribution in [0.5, 0.6) is 0 Å². The first-order valence-electron chi connectivity index (χ1n) is 5.35. The Balaban J connectivity index is 2.32. The zero-order valence-corrected chi connectivity index (χ0v) is 9.07. The van der Waals surface area contributed by atoms with Crippen molar-refractivity contribution in [3.63, 3.8) is 0 Å². The molecule has 0 aliphatic rings. The van der Waals surface area contributed by atoms with E-state index in [4.69, 9.17) is 4.74 Å². The van der Waals surface area contributed by atoms with E-state index in [2.05, 4.69) is 32.4 Å². The van der Waals surface area contributed by atoms with E-state index < -0.39 is 0 Å². The molecule has 77 valence electrons. The zero-order valence-electron chi connectivity index (χ0n) is 9.07. The largest absolute Gasteiger partial charge is 0.373 e. The van der Waals surface area contributed by atoms with E-state index >= 15 is 0 Å². The third kappa shape index (κ3) is 3.93. The number of hydrogen-bond donors (Lipinski definition) is 0. The molecule has 1 rings (SSSR count). The summed E-state index contributed by atoms with van der Waals surface area (Å²) in [6.45, 7) is 5.02. The van der Waals surface area contributed by atoms with Gasteiger partial charge in [0.15, 0.2) is 0 Å². The molecule has 14 heavy (non-hydrogen) atoms. The van der Waals surface area contributed by atoms with Crippen molar-refractivity contribution < 1.29 is 4.74 Å². The van der Waals surface area contributed by atoms with Gasteiger partial charge in [-0.2, -0.15) is 0 Å². The maximum atomic E-state index is 5.76. The number of rotatable bonds is 6. The molecule has 0 amide bonds. The second-order valence-electron chi connectivity index (χ2n) is 3.39. The standard InChI is InChI=1S/C13H19O/c1-3-8-13(4-2)14-11-12-9-6-5-7-10-12/h5-10,13H,3-4,11H2,1-2H3. The molecule has 1 aromatic carbocycles. The minimum absolute atomic E-state index is 0.306. The molecule has 0 aromatic heterocycles. The highest BCUT2D eigenvalue weighted by atomic mass is 16.5. The molecular formula is C13H19O. The summed E-state index contributed by atoms with van der Waals surface area (Å²) in [7, 11) is 0. The van der Waals surface area contributed by atoms with Gasteiger partial charge in [-0.15, -0.1) is 0 Å². The Morgan fingerprint density at radius 2 is 1.93 bits per heavy atom. The molecule has 1 aromatic rings. The van der Waals surface area contributed by atoms with Crippen LogP contribution in [0.3, 0.4) is 0 Å². The Hall–Kier alpha value is -0.820. The predicted octanol–water partition coefficient (Wildman–Crippen LogP) is 3.60. The van der Waals surface area contributed by atoms with Crippen LogP contribution in [0.15, 0.2) is 30.3 Å². The summed E-state index contributed by atoms with van der Waals surface area (Å²) >= 11 is 0. The summed E-state index contributed by atoms with van der Waals surface area (Å²) < 4.78 is 5.76. The van der Waals surface area contributed by atoms with Gasteiger partial charge in [0.05, 0.1) is 12.7 Å². The van der Waals surface area contributed by atoms with Crippen molar-refractivity contribution in [3.8, 4) is 0 Å². The molecule has 1 atom stereocenters. The van der Waals surface area contributed by atoms with E-state index in [0.717, 1.165) is 19.4 Å². The molecule has 0 aliphatic heterocycles. The van der Waals surface area contributed by atoms with Crippen molar-refractivity contribution in [3.05, 3.63) is 42.3 Å². The molecule has 0 heterocycles. The number of ether oxygens (including phenoxy) is 1. The first kappa shape index (κ1) is 11.3. The molecule has 0 N–H and O–H groups in total. The van der Waals surface area contributed by atoms with Gasteiger partial charge >= 0.3 is 0 Å². The Morgan fingerprint density at radius 1 is 1.21 bits per heavy atom. The lowest BCUT2D eigenvalue weighted by atomic mass is 10.1. The van der Waals surface area contributed by atoms with Crippen LogP contribution in [0.2, 0.25) is 0 Å². The lowest BCUT2D eigenvalue weighted by molar-refractivity contribution is 0.0577. The van der Waals surface area contributed by atoms with Gasteiger partial charge in [-0.1, -0.05) is 50.6 Å². The molecule has 0 spiro atoms. The minimum Gasteiger partial charge on any atom is -0.373 e. The summed E-state index contributed by atoms with van der Waals surface area (Å²) in [5, 5.41) is 0. The van der Waals surface area contributed by atoms with Crippen LogP contribution in [0, 0.1) is 6.42 Å². The van der Waals surface area contributed by atoms with Gasteiger partial charge < -0.3 is 4.74 Å². The van der Waals surface area contributed by atoms with Crippen molar-refractivity contribution >= 4 is 0 Å². The maximum absolute atomic E-state index is 5.76. The number of hydrogen-bond acceptors (Lipinski definition) is 1. The summed E-state index contributed by atoms with van der Waals surface area (Å²) in [5.74, 6) is 0. The highest BCUT2D eigenvalue weighted by Gasteiger charge is 2.04. The van der Waals surface area contributed by atoms with Gasteiger partial charge in [0, 0.05) is 0 Å². The monoisotopic (exact) mass is 191 g/mol. The Bertz CT molecular complexity index is 230. The minimum atomic E-state index is 0.306. The van der Waals surface area contributed by atoms with Crippen LogP contribution >= 0.6 is 0 Å².